The maximum absolute atomic E-state index is 12.7. The largest absolute Gasteiger partial charge is 0.365 e. The zero-order chi connectivity index (χ0) is 29.0. The predicted molar refractivity (Wildman–Crippen MR) is 162 cm³/mol. The van der Waals surface area contributed by atoms with Crippen molar-refractivity contribution >= 4 is 11.6 Å². The van der Waals surface area contributed by atoms with Crippen molar-refractivity contribution in [2.75, 3.05) is 6.61 Å². The summed E-state index contributed by atoms with van der Waals surface area (Å²) in [5, 5.41) is 0. The second-order valence-corrected chi connectivity index (χ2v) is 11.0. The van der Waals surface area contributed by atoms with Gasteiger partial charge in [-0.15, -0.1) is 0 Å². The van der Waals surface area contributed by atoms with Gasteiger partial charge in [0, 0.05) is 11.1 Å². The first kappa shape index (κ1) is 30.7. The molecule has 0 radical (unpaired) electrons. The molecule has 2 atom stereocenters. The van der Waals surface area contributed by atoms with Crippen LogP contribution in [0.15, 0.2) is 121 Å². The standard InChI is InChI=1S/2C18H20O2/c1-18(2,3)20-17(15-12-8-5-9-13-15)16(19)14-10-6-4-7-11-14;1-14(2)13-20-18(16-11-7-4-8-12-16)17(19)15-9-5-3-6-10-15/h4-13,17H,1-3H3;3-12,14,18H,13H2,1-2H3. The van der Waals surface area contributed by atoms with Crippen LogP contribution >= 0.6 is 0 Å². The summed E-state index contributed by atoms with van der Waals surface area (Å²) in [7, 11) is 0. The van der Waals surface area contributed by atoms with E-state index in [9.17, 15) is 9.59 Å². The fourth-order valence-electron chi connectivity index (χ4n) is 4.00. The Kier molecular flexibility index (Phi) is 11.6. The molecule has 4 nitrogen and oxygen atoms in total. The molecule has 0 spiro atoms. The molecule has 0 amide bonds. The van der Waals surface area contributed by atoms with Crippen LogP contribution in [0.25, 0.3) is 0 Å². The Morgan fingerprint density at radius 1 is 0.575 bits per heavy atom. The quantitative estimate of drug-likeness (QED) is 0.190. The van der Waals surface area contributed by atoms with Crippen LogP contribution < -0.4 is 0 Å². The first-order valence-electron chi connectivity index (χ1n) is 13.7. The van der Waals surface area contributed by atoms with E-state index in [-0.39, 0.29) is 17.2 Å². The van der Waals surface area contributed by atoms with Gasteiger partial charge >= 0.3 is 0 Å². The molecule has 0 aliphatic carbocycles. The van der Waals surface area contributed by atoms with Crippen molar-refractivity contribution in [2.24, 2.45) is 5.92 Å². The molecule has 4 aromatic rings. The van der Waals surface area contributed by atoms with Crippen LogP contribution in [0.1, 0.15) is 78.7 Å². The minimum atomic E-state index is -0.571. The Morgan fingerprint density at radius 2 is 0.925 bits per heavy atom. The van der Waals surface area contributed by atoms with Crippen LogP contribution in [0.5, 0.6) is 0 Å². The third-order valence-corrected chi connectivity index (χ3v) is 5.87. The summed E-state index contributed by atoms with van der Waals surface area (Å²) < 4.78 is 11.8. The van der Waals surface area contributed by atoms with E-state index in [1.165, 1.54) is 0 Å². The monoisotopic (exact) mass is 536 g/mol. The zero-order valence-electron chi connectivity index (χ0n) is 24.1. The van der Waals surface area contributed by atoms with Crippen molar-refractivity contribution < 1.29 is 19.1 Å². The SMILES string of the molecule is CC(C)(C)OC(C(=O)c1ccccc1)c1ccccc1.CC(C)COC(C(=O)c1ccccc1)c1ccccc1. The Morgan fingerprint density at radius 3 is 1.30 bits per heavy atom. The van der Waals surface area contributed by atoms with Gasteiger partial charge in [-0.2, -0.15) is 0 Å². The summed E-state index contributed by atoms with van der Waals surface area (Å²) in [6, 6.07) is 37.9. The zero-order valence-corrected chi connectivity index (χ0v) is 24.1. The number of ether oxygens (including phenoxy) is 2. The van der Waals surface area contributed by atoms with Crippen LogP contribution in [-0.4, -0.2) is 23.8 Å². The molecule has 40 heavy (non-hydrogen) atoms. The summed E-state index contributed by atoms with van der Waals surface area (Å²) in [6.45, 7) is 10.6. The van der Waals surface area contributed by atoms with E-state index >= 15 is 0 Å². The molecule has 208 valence electrons. The lowest BCUT2D eigenvalue weighted by Gasteiger charge is -2.27. The van der Waals surface area contributed by atoms with Crippen molar-refractivity contribution in [3.63, 3.8) is 0 Å². The maximum Gasteiger partial charge on any atom is 0.196 e. The van der Waals surface area contributed by atoms with Crippen molar-refractivity contribution in [1.82, 2.24) is 0 Å². The average Bonchev–Trinajstić information content (AvgIpc) is 2.97. The van der Waals surface area contributed by atoms with Crippen molar-refractivity contribution in [3.8, 4) is 0 Å². The summed E-state index contributed by atoms with van der Waals surface area (Å²) in [4.78, 5) is 25.3. The number of carbonyl (C=O) groups is 2. The molecule has 0 saturated carbocycles. The molecule has 0 aliphatic rings. The number of Topliss-reactive ketones (excluding diaryl/α,β-unsaturated/α-hetero) is 2. The van der Waals surface area contributed by atoms with Crippen LogP contribution in [-0.2, 0) is 9.47 Å². The number of hydrogen-bond acceptors (Lipinski definition) is 4. The highest BCUT2D eigenvalue weighted by Gasteiger charge is 2.27. The molecular weight excluding hydrogens is 496 g/mol. The third-order valence-electron chi connectivity index (χ3n) is 5.87. The van der Waals surface area contributed by atoms with Crippen molar-refractivity contribution in [3.05, 3.63) is 144 Å². The van der Waals surface area contributed by atoms with E-state index in [0.717, 1.165) is 11.1 Å². The predicted octanol–water partition coefficient (Wildman–Crippen LogP) is 8.71. The molecule has 0 fully saturated rings. The van der Waals surface area contributed by atoms with Gasteiger partial charge in [-0.3, -0.25) is 9.59 Å². The fourth-order valence-corrected chi connectivity index (χ4v) is 4.00. The summed E-state index contributed by atoms with van der Waals surface area (Å²) >= 11 is 0. The molecular formula is C36H40O4. The van der Waals surface area contributed by atoms with Gasteiger partial charge in [-0.05, 0) is 37.8 Å². The molecule has 0 bridgehead atoms. The molecule has 0 saturated heterocycles. The second kappa shape index (κ2) is 15.1. The molecule has 0 aliphatic heterocycles. The molecule has 0 N–H and O–H groups in total. The first-order chi connectivity index (χ1) is 19.2. The van der Waals surface area contributed by atoms with Crippen LogP contribution in [0, 0.1) is 5.92 Å². The maximum atomic E-state index is 12.7. The van der Waals surface area contributed by atoms with E-state index in [2.05, 4.69) is 13.8 Å². The average molecular weight is 537 g/mol. The molecule has 0 heterocycles. The van der Waals surface area contributed by atoms with Gasteiger partial charge in [0.25, 0.3) is 0 Å². The van der Waals surface area contributed by atoms with E-state index < -0.39 is 12.2 Å². The minimum absolute atomic E-state index is 0.00766. The molecule has 4 heteroatoms. The van der Waals surface area contributed by atoms with E-state index in [0.29, 0.717) is 23.7 Å². The Balaban J connectivity index is 0.000000220. The number of carbonyl (C=O) groups excluding carboxylic acids is 2. The summed E-state index contributed by atoms with van der Waals surface area (Å²) in [5.41, 5.74) is 2.76. The van der Waals surface area contributed by atoms with Crippen LogP contribution in [0.2, 0.25) is 0 Å². The summed E-state index contributed by atoms with van der Waals surface area (Å²) in [5.74, 6) is 0.397. The lowest BCUT2D eigenvalue weighted by Crippen LogP contribution is -2.27. The van der Waals surface area contributed by atoms with Gasteiger partial charge in [-0.25, -0.2) is 0 Å². The molecule has 0 aromatic heterocycles. The highest BCUT2D eigenvalue weighted by Crippen LogP contribution is 2.27. The topological polar surface area (TPSA) is 52.6 Å². The minimum Gasteiger partial charge on any atom is -0.365 e. The number of benzene rings is 4. The van der Waals surface area contributed by atoms with Gasteiger partial charge in [0.05, 0.1) is 12.2 Å². The Bertz CT molecular complexity index is 1290. The first-order valence-corrected chi connectivity index (χ1v) is 13.7. The van der Waals surface area contributed by atoms with Crippen LogP contribution in [0.3, 0.4) is 0 Å². The van der Waals surface area contributed by atoms with E-state index in [1.807, 2.05) is 142 Å². The highest BCUT2D eigenvalue weighted by atomic mass is 16.5. The van der Waals surface area contributed by atoms with Gasteiger partial charge in [-0.1, -0.05) is 135 Å². The molecule has 4 aromatic carbocycles. The third kappa shape index (κ3) is 9.71. The number of hydrogen-bond donors (Lipinski definition) is 0. The van der Waals surface area contributed by atoms with E-state index in [1.54, 1.807) is 0 Å². The normalized spacial score (nSPS) is 12.7. The van der Waals surface area contributed by atoms with Gasteiger partial charge < -0.3 is 9.47 Å². The van der Waals surface area contributed by atoms with Crippen molar-refractivity contribution in [2.45, 2.75) is 52.4 Å². The number of rotatable bonds is 10. The Labute approximate surface area is 239 Å². The van der Waals surface area contributed by atoms with Gasteiger partial charge in [0.2, 0.25) is 0 Å². The second-order valence-electron chi connectivity index (χ2n) is 11.0. The smallest absolute Gasteiger partial charge is 0.196 e. The van der Waals surface area contributed by atoms with Gasteiger partial charge in [0.15, 0.2) is 11.6 Å². The summed E-state index contributed by atoms with van der Waals surface area (Å²) in [6.07, 6.45) is -1.10. The molecule has 4 rings (SSSR count). The Hall–Kier alpha value is -3.86. The van der Waals surface area contributed by atoms with Gasteiger partial charge in [0.1, 0.15) is 12.2 Å². The lowest BCUT2D eigenvalue weighted by atomic mass is 9.99. The lowest BCUT2D eigenvalue weighted by molar-refractivity contribution is -0.0471. The fraction of sp³-hybridized carbons (Fsp3) is 0.278. The van der Waals surface area contributed by atoms with Crippen molar-refractivity contribution in [1.29, 1.82) is 0 Å². The molecule has 2 unspecified atom stereocenters. The van der Waals surface area contributed by atoms with E-state index in [4.69, 9.17) is 9.47 Å². The van der Waals surface area contributed by atoms with Crippen LogP contribution in [0.4, 0.5) is 0 Å². The highest BCUT2D eigenvalue weighted by molar-refractivity contribution is 6.00. The number of ketones is 2.